The fourth-order valence-electron chi connectivity index (χ4n) is 1.60. The Morgan fingerprint density at radius 3 is 3.33 bits per heavy atom. The highest BCUT2D eigenvalue weighted by Crippen LogP contribution is 2.35. The van der Waals surface area contributed by atoms with Gasteiger partial charge < -0.3 is 5.73 Å². The Morgan fingerprint density at radius 1 is 1.58 bits per heavy atom. The molecule has 1 aliphatic heterocycles. The molecule has 1 aliphatic carbocycles. The predicted octanol–water partition coefficient (Wildman–Crippen LogP) is 1.55. The van der Waals surface area contributed by atoms with Crippen molar-refractivity contribution in [1.82, 2.24) is 0 Å². The average molecular weight is 180 g/mol. The quantitative estimate of drug-likeness (QED) is 0.655. The Balaban J connectivity index is 2.15. The Kier molecular flexibility index (Phi) is 2.33. The SMILES string of the molecule is NCCC1=CC=CC2SN=CC12. The van der Waals surface area contributed by atoms with Crippen LogP contribution in [0.2, 0.25) is 0 Å². The van der Waals surface area contributed by atoms with Crippen LogP contribution >= 0.6 is 11.9 Å². The summed E-state index contributed by atoms with van der Waals surface area (Å²) >= 11 is 1.66. The molecular weight excluding hydrogens is 168 g/mol. The minimum atomic E-state index is 0.517. The summed E-state index contributed by atoms with van der Waals surface area (Å²) < 4.78 is 4.22. The lowest BCUT2D eigenvalue weighted by atomic mass is 9.90. The number of hydrogen-bond acceptors (Lipinski definition) is 3. The molecule has 0 saturated carbocycles. The second kappa shape index (κ2) is 3.46. The molecule has 2 nitrogen and oxygen atoms in total. The van der Waals surface area contributed by atoms with E-state index in [1.807, 2.05) is 6.21 Å². The van der Waals surface area contributed by atoms with Crippen LogP contribution < -0.4 is 5.73 Å². The van der Waals surface area contributed by atoms with Gasteiger partial charge in [-0.1, -0.05) is 23.8 Å². The summed E-state index contributed by atoms with van der Waals surface area (Å²) in [5.74, 6) is 0.517. The number of fused-ring (bicyclic) bond motifs is 1. The molecule has 0 saturated heterocycles. The maximum atomic E-state index is 5.53. The van der Waals surface area contributed by atoms with Crippen molar-refractivity contribution in [3.05, 3.63) is 23.8 Å². The highest BCUT2D eigenvalue weighted by atomic mass is 32.2. The van der Waals surface area contributed by atoms with E-state index in [2.05, 4.69) is 22.6 Å². The molecule has 1 heterocycles. The molecule has 0 radical (unpaired) electrons. The van der Waals surface area contributed by atoms with Crippen LogP contribution in [0, 0.1) is 5.92 Å². The Hall–Kier alpha value is -0.540. The molecule has 2 aliphatic rings. The zero-order chi connectivity index (χ0) is 8.39. The maximum absolute atomic E-state index is 5.53. The van der Waals surface area contributed by atoms with E-state index in [1.165, 1.54) is 5.57 Å². The summed E-state index contributed by atoms with van der Waals surface area (Å²) in [6.45, 7) is 0.738. The molecule has 64 valence electrons. The zero-order valence-electron chi connectivity index (χ0n) is 6.81. The van der Waals surface area contributed by atoms with Gasteiger partial charge in [0.05, 0.1) is 5.25 Å². The van der Waals surface area contributed by atoms with Crippen molar-refractivity contribution in [3.8, 4) is 0 Å². The smallest absolute Gasteiger partial charge is 0.0565 e. The topological polar surface area (TPSA) is 38.4 Å². The standard InChI is InChI=1S/C9H12N2S/c10-5-4-7-2-1-3-9-8(7)6-11-12-9/h1-3,6,8-9H,4-5,10H2. The second-order valence-corrected chi connectivity index (χ2v) is 3.98. The first-order valence-electron chi connectivity index (χ1n) is 4.18. The van der Waals surface area contributed by atoms with Gasteiger partial charge in [-0.05, 0) is 24.9 Å². The molecule has 0 spiro atoms. The highest BCUT2D eigenvalue weighted by Gasteiger charge is 2.27. The Labute approximate surface area is 76.8 Å². The Bertz CT molecular complexity index is 255. The van der Waals surface area contributed by atoms with E-state index < -0.39 is 0 Å². The van der Waals surface area contributed by atoms with Crippen molar-refractivity contribution in [3.63, 3.8) is 0 Å². The molecule has 3 heteroatoms. The molecule has 2 unspecified atom stereocenters. The maximum Gasteiger partial charge on any atom is 0.0565 e. The zero-order valence-corrected chi connectivity index (χ0v) is 7.63. The van der Waals surface area contributed by atoms with Gasteiger partial charge in [-0.2, -0.15) is 0 Å². The van der Waals surface area contributed by atoms with Crippen molar-refractivity contribution < 1.29 is 0 Å². The van der Waals surface area contributed by atoms with Crippen LogP contribution in [0.1, 0.15) is 6.42 Å². The molecular formula is C9H12N2S. The summed E-state index contributed by atoms with van der Waals surface area (Å²) in [5, 5.41) is 0.538. The molecule has 0 amide bonds. The monoisotopic (exact) mass is 180 g/mol. The molecule has 0 aromatic carbocycles. The molecule has 0 aromatic rings. The fraction of sp³-hybridized carbons (Fsp3) is 0.444. The van der Waals surface area contributed by atoms with E-state index in [9.17, 15) is 0 Å². The minimum absolute atomic E-state index is 0.517. The predicted molar refractivity (Wildman–Crippen MR) is 54.3 cm³/mol. The van der Waals surface area contributed by atoms with Crippen LogP contribution in [0.5, 0.6) is 0 Å². The van der Waals surface area contributed by atoms with Crippen LogP contribution in [-0.2, 0) is 0 Å². The molecule has 0 fully saturated rings. The van der Waals surface area contributed by atoms with Gasteiger partial charge in [-0.15, -0.1) is 0 Å². The average Bonchev–Trinajstić information content (AvgIpc) is 2.53. The van der Waals surface area contributed by atoms with E-state index in [0.29, 0.717) is 11.2 Å². The third-order valence-electron chi connectivity index (χ3n) is 2.23. The normalized spacial score (nSPS) is 31.9. The summed E-state index contributed by atoms with van der Waals surface area (Å²) in [4.78, 5) is 0. The van der Waals surface area contributed by atoms with Gasteiger partial charge in [0.25, 0.3) is 0 Å². The van der Waals surface area contributed by atoms with Crippen LogP contribution in [0.4, 0.5) is 0 Å². The van der Waals surface area contributed by atoms with E-state index in [4.69, 9.17) is 5.73 Å². The fourth-order valence-corrected chi connectivity index (χ4v) is 2.48. The van der Waals surface area contributed by atoms with Gasteiger partial charge in [0.15, 0.2) is 0 Å². The molecule has 0 aromatic heterocycles. The van der Waals surface area contributed by atoms with Crippen LogP contribution in [0.15, 0.2) is 28.2 Å². The number of allylic oxidation sites excluding steroid dienone is 2. The lowest BCUT2D eigenvalue weighted by molar-refractivity contribution is 0.779. The number of nitrogens with zero attached hydrogens (tertiary/aromatic N) is 1. The molecule has 2 atom stereocenters. The highest BCUT2D eigenvalue weighted by molar-refractivity contribution is 7.99. The number of hydrogen-bond donors (Lipinski definition) is 1. The summed E-state index contributed by atoms with van der Waals surface area (Å²) in [7, 11) is 0. The molecule has 2 rings (SSSR count). The molecule has 0 bridgehead atoms. The lowest BCUT2D eigenvalue weighted by Gasteiger charge is -2.19. The summed E-state index contributed by atoms with van der Waals surface area (Å²) in [5.41, 5.74) is 6.96. The van der Waals surface area contributed by atoms with Gasteiger partial charge in [0.1, 0.15) is 0 Å². The number of rotatable bonds is 2. The van der Waals surface area contributed by atoms with Crippen molar-refractivity contribution >= 4 is 18.2 Å². The summed E-state index contributed by atoms with van der Waals surface area (Å²) in [6.07, 6.45) is 9.54. The second-order valence-electron chi connectivity index (χ2n) is 3.02. The van der Waals surface area contributed by atoms with Crippen LogP contribution in [-0.4, -0.2) is 18.0 Å². The first kappa shape index (κ1) is 8.08. The third kappa shape index (κ3) is 1.34. The van der Waals surface area contributed by atoms with Crippen molar-refractivity contribution in [2.45, 2.75) is 11.7 Å². The summed E-state index contributed by atoms with van der Waals surface area (Å²) in [6, 6.07) is 0. The van der Waals surface area contributed by atoms with Gasteiger partial charge in [0.2, 0.25) is 0 Å². The van der Waals surface area contributed by atoms with E-state index >= 15 is 0 Å². The first-order chi connectivity index (χ1) is 5.92. The Morgan fingerprint density at radius 2 is 2.50 bits per heavy atom. The molecule has 2 N–H and O–H groups in total. The van der Waals surface area contributed by atoms with Crippen molar-refractivity contribution in [1.29, 1.82) is 0 Å². The van der Waals surface area contributed by atoms with E-state index in [1.54, 1.807) is 11.9 Å². The van der Waals surface area contributed by atoms with E-state index in [-0.39, 0.29) is 0 Å². The van der Waals surface area contributed by atoms with Gasteiger partial charge in [-0.25, -0.2) is 4.40 Å². The minimum Gasteiger partial charge on any atom is -0.330 e. The van der Waals surface area contributed by atoms with E-state index in [0.717, 1.165) is 13.0 Å². The number of nitrogens with two attached hydrogens (primary N) is 1. The van der Waals surface area contributed by atoms with Gasteiger partial charge in [-0.3, -0.25) is 0 Å². The van der Waals surface area contributed by atoms with Crippen molar-refractivity contribution in [2.24, 2.45) is 16.0 Å². The molecule has 12 heavy (non-hydrogen) atoms. The largest absolute Gasteiger partial charge is 0.330 e. The van der Waals surface area contributed by atoms with Crippen LogP contribution in [0.3, 0.4) is 0 Å². The first-order valence-corrected chi connectivity index (χ1v) is 5.02. The van der Waals surface area contributed by atoms with Crippen molar-refractivity contribution in [2.75, 3.05) is 6.54 Å². The van der Waals surface area contributed by atoms with Gasteiger partial charge >= 0.3 is 0 Å². The van der Waals surface area contributed by atoms with Gasteiger partial charge in [0, 0.05) is 12.1 Å². The lowest BCUT2D eigenvalue weighted by Crippen LogP contribution is -2.19. The van der Waals surface area contributed by atoms with Crippen LogP contribution in [0.25, 0.3) is 0 Å². The third-order valence-corrected chi connectivity index (χ3v) is 3.17.